The molecular weight excluding hydrogens is 418 g/mol. The van der Waals surface area contributed by atoms with Gasteiger partial charge in [-0.3, -0.25) is 19.3 Å². The Balaban J connectivity index is 1.36. The van der Waals surface area contributed by atoms with E-state index in [9.17, 15) is 14.4 Å². The molecule has 2 heterocycles. The SMILES string of the molecule is CN(C)c1cccc(C(=O)NCCN2C(=O)S/C(=C\c3ccc4c(c3)OCO4)C2=O)c1. The number of imide groups is 1. The van der Waals surface area contributed by atoms with Gasteiger partial charge < -0.3 is 19.7 Å². The van der Waals surface area contributed by atoms with Crippen LogP contribution in [0.25, 0.3) is 6.08 Å². The minimum Gasteiger partial charge on any atom is -0.454 e. The molecule has 0 aromatic heterocycles. The van der Waals surface area contributed by atoms with Gasteiger partial charge in [0.15, 0.2) is 11.5 Å². The Kier molecular flexibility index (Phi) is 5.85. The second kappa shape index (κ2) is 8.73. The van der Waals surface area contributed by atoms with Crippen LogP contribution in [0.1, 0.15) is 15.9 Å². The van der Waals surface area contributed by atoms with Crippen molar-refractivity contribution in [2.75, 3.05) is 38.9 Å². The van der Waals surface area contributed by atoms with E-state index in [1.165, 1.54) is 0 Å². The first-order valence-corrected chi connectivity index (χ1v) is 10.4. The number of fused-ring (bicyclic) bond motifs is 1. The predicted molar refractivity (Wildman–Crippen MR) is 118 cm³/mol. The lowest BCUT2D eigenvalue weighted by atomic mass is 10.2. The van der Waals surface area contributed by atoms with Crippen LogP contribution < -0.4 is 19.7 Å². The number of anilines is 1. The molecule has 31 heavy (non-hydrogen) atoms. The fourth-order valence-corrected chi connectivity index (χ4v) is 4.02. The maximum Gasteiger partial charge on any atom is 0.293 e. The average molecular weight is 439 g/mol. The summed E-state index contributed by atoms with van der Waals surface area (Å²) >= 11 is 0.879. The molecule has 1 fully saturated rings. The van der Waals surface area contributed by atoms with E-state index in [0.29, 0.717) is 22.0 Å². The normalized spacial score (nSPS) is 16.2. The maximum atomic E-state index is 12.7. The lowest BCUT2D eigenvalue weighted by Gasteiger charge is -2.15. The summed E-state index contributed by atoms with van der Waals surface area (Å²) in [4.78, 5) is 40.7. The summed E-state index contributed by atoms with van der Waals surface area (Å²) in [6.07, 6.45) is 1.65. The van der Waals surface area contributed by atoms with E-state index >= 15 is 0 Å². The zero-order valence-electron chi connectivity index (χ0n) is 17.1. The largest absolute Gasteiger partial charge is 0.454 e. The number of amides is 3. The number of benzene rings is 2. The molecule has 0 spiro atoms. The summed E-state index contributed by atoms with van der Waals surface area (Å²) in [5.74, 6) is 0.620. The van der Waals surface area contributed by atoms with Crippen molar-refractivity contribution in [3.05, 3.63) is 58.5 Å². The van der Waals surface area contributed by atoms with E-state index in [-0.39, 0.29) is 36.9 Å². The molecule has 160 valence electrons. The molecule has 0 aliphatic carbocycles. The Morgan fingerprint density at radius 2 is 1.97 bits per heavy atom. The van der Waals surface area contributed by atoms with Gasteiger partial charge in [0.25, 0.3) is 17.1 Å². The van der Waals surface area contributed by atoms with E-state index in [1.807, 2.05) is 31.1 Å². The number of hydrogen-bond donors (Lipinski definition) is 1. The van der Waals surface area contributed by atoms with Gasteiger partial charge in [-0.15, -0.1) is 0 Å². The predicted octanol–water partition coefficient (Wildman–Crippen LogP) is 2.95. The number of nitrogens with zero attached hydrogens (tertiary/aromatic N) is 2. The van der Waals surface area contributed by atoms with Crippen molar-refractivity contribution in [1.29, 1.82) is 0 Å². The Hall–Kier alpha value is -3.46. The molecule has 0 unspecified atom stereocenters. The van der Waals surface area contributed by atoms with Crippen molar-refractivity contribution in [2.45, 2.75) is 0 Å². The van der Waals surface area contributed by atoms with Crippen molar-refractivity contribution >= 4 is 40.6 Å². The molecule has 2 aliphatic rings. The Morgan fingerprint density at radius 1 is 1.16 bits per heavy atom. The highest BCUT2D eigenvalue weighted by Gasteiger charge is 2.34. The molecule has 0 bridgehead atoms. The Bertz CT molecular complexity index is 1080. The lowest BCUT2D eigenvalue weighted by molar-refractivity contribution is -0.122. The van der Waals surface area contributed by atoms with Gasteiger partial charge in [-0.1, -0.05) is 12.1 Å². The van der Waals surface area contributed by atoms with E-state index in [4.69, 9.17) is 9.47 Å². The molecule has 0 saturated carbocycles. The lowest BCUT2D eigenvalue weighted by Crippen LogP contribution is -2.37. The van der Waals surface area contributed by atoms with E-state index in [1.54, 1.807) is 36.4 Å². The van der Waals surface area contributed by atoms with Gasteiger partial charge in [0.1, 0.15) is 0 Å². The van der Waals surface area contributed by atoms with Crippen LogP contribution in [0, 0.1) is 0 Å². The quantitative estimate of drug-likeness (QED) is 0.693. The minimum absolute atomic E-state index is 0.0995. The molecular formula is C22H21N3O5S. The number of ether oxygens (including phenoxy) is 2. The summed E-state index contributed by atoms with van der Waals surface area (Å²) in [6.45, 7) is 0.434. The monoisotopic (exact) mass is 439 g/mol. The van der Waals surface area contributed by atoms with Crippen LogP contribution in [-0.4, -0.2) is 55.9 Å². The maximum absolute atomic E-state index is 12.7. The van der Waals surface area contributed by atoms with Crippen LogP contribution in [0.5, 0.6) is 11.5 Å². The number of hydrogen-bond acceptors (Lipinski definition) is 7. The first-order chi connectivity index (χ1) is 14.9. The molecule has 4 rings (SSSR count). The summed E-state index contributed by atoms with van der Waals surface area (Å²) in [5, 5.41) is 2.40. The van der Waals surface area contributed by atoms with Crippen LogP contribution in [0.3, 0.4) is 0 Å². The number of carbonyl (C=O) groups is 3. The van der Waals surface area contributed by atoms with Crippen molar-refractivity contribution in [2.24, 2.45) is 0 Å². The summed E-state index contributed by atoms with van der Waals surface area (Å²) in [6, 6.07) is 12.5. The standard InChI is InChI=1S/C22H21N3O5S/c1-24(2)16-5-3-4-15(12-16)20(26)23-8-9-25-21(27)19(31-22(25)28)11-14-6-7-17-18(10-14)30-13-29-17/h3-7,10-12H,8-9,13H2,1-2H3,(H,23,26)/b19-11-. The van der Waals surface area contributed by atoms with Crippen LogP contribution in [0.4, 0.5) is 10.5 Å². The van der Waals surface area contributed by atoms with Gasteiger partial charge in [0.2, 0.25) is 6.79 Å². The van der Waals surface area contributed by atoms with Gasteiger partial charge in [0, 0.05) is 38.4 Å². The van der Waals surface area contributed by atoms with Crippen molar-refractivity contribution in [3.8, 4) is 11.5 Å². The third-order valence-electron chi connectivity index (χ3n) is 4.81. The first kappa shape index (κ1) is 20.8. The van der Waals surface area contributed by atoms with Crippen LogP contribution >= 0.6 is 11.8 Å². The third kappa shape index (κ3) is 4.51. The van der Waals surface area contributed by atoms with Gasteiger partial charge in [-0.2, -0.15) is 0 Å². The molecule has 2 aromatic rings. The van der Waals surface area contributed by atoms with Crippen LogP contribution in [-0.2, 0) is 4.79 Å². The Morgan fingerprint density at radius 3 is 2.77 bits per heavy atom. The minimum atomic E-state index is -0.378. The van der Waals surface area contributed by atoms with Gasteiger partial charge >= 0.3 is 0 Å². The van der Waals surface area contributed by atoms with Gasteiger partial charge in [-0.05, 0) is 53.7 Å². The van der Waals surface area contributed by atoms with Crippen LogP contribution in [0.2, 0.25) is 0 Å². The van der Waals surface area contributed by atoms with E-state index in [2.05, 4.69) is 5.32 Å². The zero-order chi connectivity index (χ0) is 22.0. The summed E-state index contributed by atoms with van der Waals surface area (Å²) < 4.78 is 10.6. The van der Waals surface area contributed by atoms with Gasteiger partial charge in [-0.25, -0.2) is 0 Å². The molecule has 2 aliphatic heterocycles. The molecule has 0 radical (unpaired) electrons. The van der Waals surface area contributed by atoms with Crippen molar-refractivity contribution in [3.63, 3.8) is 0 Å². The highest BCUT2D eigenvalue weighted by molar-refractivity contribution is 8.18. The molecule has 1 N–H and O–H groups in total. The average Bonchev–Trinajstić information content (AvgIpc) is 3.33. The van der Waals surface area contributed by atoms with Gasteiger partial charge in [0.05, 0.1) is 4.91 Å². The molecule has 1 saturated heterocycles. The Labute approximate surface area is 183 Å². The topological polar surface area (TPSA) is 88.2 Å². The van der Waals surface area contributed by atoms with E-state index in [0.717, 1.165) is 27.9 Å². The molecule has 8 nitrogen and oxygen atoms in total. The second-order valence-corrected chi connectivity index (χ2v) is 8.14. The highest BCUT2D eigenvalue weighted by atomic mass is 32.2. The molecule has 2 aromatic carbocycles. The van der Waals surface area contributed by atoms with Crippen molar-refractivity contribution < 1.29 is 23.9 Å². The van der Waals surface area contributed by atoms with Crippen molar-refractivity contribution in [1.82, 2.24) is 10.2 Å². The number of thioether (sulfide) groups is 1. The molecule has 9 heteroatoms. The number of carbonyl (C=O) groups excluding carboxylic acids is 3. The highest BCUT2D eigenvalue weighted by Crippen LogP contribution is 2.36. The fraction of sp³-hybridized carbons (Fsp3) is 0.227. The summed E-state index contributed by atoms with van der Waals surface area (Å²) in [7, 11) is 3.79. The molecule has 3 amide bonds. The van der Waals surface area contributed by atoms with Crippen LogP contribution in [0.15, 0.2) is 47.4 Å². The zero-order valence-corrected chi connectivity index (χ0v) is 17.9. The third-order valence-corrected chi connectivity index (χ3v) is 5.72. The number of nitrogens with one attached hydrogen (secondary N) is 1. The molecule has 0 atom stereocenters. The smallest absolute Gasteiger partial charge is 0.293 e. The number of rotatable bonds is 6. The second-order valence-electron chi connectivity index (χ2n) is 7.15. The summed E-state index contributed by atoms with van der Waals surface area (Å²) in [5.41, 5.74) is 2.17. The first-order valence-electron chi connectivity index (χ1n) is 9.63. The van der Waals surface area contributed by atoms with E-state index < -0.39 is 0 Å². The fourth-order valence-electron chi connectivity index (χ4n) is 3.16.